The van der Waals surface area contributed by atoms with Crippen molar-refractivity contribution in [2.75, 3.05) is 0 Å². The molecule has 2 rings (SSSR count). The van der Waals surface area contributed by atoms with Crippen LogP contribution in [0, 0.1) is 5.82 Å². The van der Waals surface area contributed by atoms with E-state index in [0.29, 0.717) is 5.56 Å². The molecule has 0 bridgehead atoms. The molecule has 0 spiro atoms. The highest BCUT2D eigenvalue weighted by Crippen LogP contribution is 2.26. The number of amides is 3. The number of Topliss-reactive ketones (excluding diaryl/α,β-unsaturated/α-hetero) is 1. The number of imide groups is 1. The van der Waals surface area contributed by atoms with Crippen LogP contribution in [0.1, 0.15) is 44.5 Å². The number of carbonyl (C=O) groups is 3. The summed E-state index contributed by atoms with van der Waals surface area (Å²) in [6.45, 7) is 7.14. The highest BCUT2D eigenvalue weighted by Gasteiger charge is 2.47. The van der Waals surface area contributed by atoms with Gasteiger partial charge in [-0.2, -0.15) is 0 Å². The lowest BCUT2D eigenvalue weighted by atomic mass is 10.0. The van der Waals surface area contributed by atoms with Crippen LogP contribution in [0.5, 0.6) is 0 Å². The summed E-state index contributed by atoms with van der Waals surface area (Å²) in [4.78, 5) is 40.0. The van der Waals surface area contributed by atoms with Gasteiger partial charge >= 0.3 is 6.03 Å². The molecule has 1 fully saturated rings. The Bertz CT molecular complexity index is 625. The minimum absolute atomic E-state index is 0.0996. The van der Waals surface area contributed by atoms with Crippen molar-refractivity contribution in [1.29, 1.82) is 0 Å². The molecule has 0 aliphatic carbocycles. The summed E-state index contributed by atoms with van der Waals surface area (Å²) >= 11 is 0. The van der Waals surface area contributed by atoms with Crippen LogP contribution in [0.2, 0.25) is 0 Å². The van der Waals surface area contributed by atoms with E-state index >= 15 is 0 Å². The van der Waals surface area contributed by atoms with Crippen molar-refractivity contribution >= 4 is 17.7 Å². The van der Waals surface area contributed by atoms with E-state index in [-0.39, 0.29) is 36.2 Å². The quantitative estimate of drug-likeness (QED) is 0.619. The number of hydrogen-bond donors (Lipinski definition) is 0. The van der Waals surface area contributed by atoms with Gasteiger partial charge in [-0.1, -0.05) is 0 Å². The molecule has 1 aliphatic rings. The van der Waals surface area contributed by atoms with Gasteiger partial charge in [0.1, 0.15) is 11.9 Å². The van der Waals surface area contributed by atoms with Gasteiger partial charge in [0.25, 0.3) is 5.91 Å². The average molecular weight is 320 g/mol. The second-order valence-corrected chi connectivity index (χ2v) is 6.24. The zero-order valence-corrected chi connectivity index (χ0v) is 13.7. The molecule has 1 aliphatic heterocycles. The summed E-state index contributed by atoms with van der Waals surface area (Å²) in [6, 6.07) is 3.56. The maximum absolute atomic E-state index is 13.0. The smallest absolute Gasteiger partial charge is 0.309 e. The van der Waals surface area contributed by atoms with Gasteiger partial charge in [-0.15, -0.1) is 0 Å². The van der Waals surface area contributed by atoms with Gasteiger partial charge in [0, 0.05) is 24.1 Å². The third kappa shape index (κ3) is 3.25. The van der Waals surface area contributed by atoms with Gasteiger partial charge < -0.3 is 4.90 Å². The van der Waals surface area contributed by atoms with Gasteiger partial charge in [-0.25, -0.2) is 9.18 Å². The van der Waals surface area contributed by atoms with Gasteiger partial charge in [0.05, 0.1) is 0 Å². The lowest BCUT2D eigenvalue weighted by Crippen LogP contribution is -2.42. The van der Waals surface area contributed by atoms with Crippen LogP contribution in [0.3, 0.4) is 0 Å². The summed E-state index contributed by atoms with van der Waals surface area (Å²) in [5.74, 6) is -1.06. The van der Waals surface area contributed by atoms with Gasteiger partial charge in [0.15, 0.2) is 5.78 Å². The predicted molar refractivity (Wildman–Crippen MR) is 83.5 cm³/mol. The summed E-state index contributed by atoms with van der Waals surface area (Å²) in [6.07, 6.45) is -0.0996. The van der Waals surface area contributed by atoms with Gasteiger partial charge in [0.2, 0.25) is 0 Å². The Morgan fingerprint density at radius 1 is 1.09 bits per heavy atom. The Balaban J connectivity index is 2.25. The number of benzene rings is 1. The Morgan fingerprint density at radius 2 is 1.65 bits per heavy atom. The molecule has 124 valence electrons. The molecular weight excluding hydrogens is 299 g/mol. The van der Waals surface area contributed by atoms with Crippen LogP contribution in [-0.2, 0) is 4.79 Å². The van der Waals surface area contributed by atoms with Crippen molar-refractivity contribution in [1.82, 2.24) is 9.80 Å². The minimum Gasteiger partial charge on any atom is -0.309 e. The average Bonchev–Trinajstić information content (AvgIpc) is 2.70. The summed E-state index contributed by atoms with van der Waals surface area (Å²) in [5.41, 5.74) is 0.332. The fourth-order valence-corrected chi connectivity index (χ4v) is 2.80. The predicted octanol–water partition coefficient (Wildman–Crippen LogP) is 2.85. The lowest BCUT2D eigenvalue weighted by Gasteiger charge is -2.25. The normalized spacial score (nSPS) is 18.5. The molecule has 23 heavy (non-hydrogen) atoms. The third-order valence-electron chi connectivity index (χ3n) is 3.90. The monoisotopic (exact) mass is 320 g/mol. The highest BCUT2D eigenvalue weighted by atomic mass is 19.1. The van der Waals surface area contributed by atoms with Crippen LogP contribution in [0.25, 0.3) is 0 Å². The molecule has 1 unspecified atom stereocenters. The van der Waals surface area contributed by atoms with Crippen molar-refractivity contribution in [2.45, 2.75) is 52.2 Å². The fourth-order valence-electron chi connectivity index (χ4n) is 2.80. The maximum Gasteiger partial charge on any atom is 0.327 e. The molecule has 3 amide bonds. The summed E-state index contributed by atoms with van der Waals surface area (Å²) in [5, 5.41) is 0. The van der Waals surface area contributed by atoms with E-state index in [1.54, 1.807) is 13.8 Å². The number of hydrogen-bond acceptors (Lipinski definition) is 3. The topological polar surface area (TPSA) is 57.7 Å². The second kappa shape index (κ2) is 6.48. The highest BCUT2D eigenvalue weighted by molar-refractivity contribution is 6.08. The number of halogens is 1. The second-order valence-electron chi connectivity index (χ2n) is 6.24. The Labute approximate surface area is 135 Å². The summed E-state index contributed by atoms with van der Waals surface area (Å²) < 4.78 is 13.0. The summed E-state index contributed by atoms with van der Waals surface area (Å²) in [7, 11) is 0. The van der Waals surface area contributed by atoms with Crippen molar-refractivity contribution in [3.63, 3.8) is 0 Å². The first-order valence-corrected chi connectivity index (χ1v) is 7.68. The minimum atomic E-state index is -0.803. The first kappa shape index (κ1) is 17.1. The van der Waals surface area contributed by atoms with E-state index in [2.05, 4.69) is 0 Å². The Hall–Kier alpha value is -2.24. The molecule has 0 radical (unpaired) electrons. The SMILES string of the molecule is CC(C)N1C(=O)C(CC(=O)c2ccc(F)cc2)N(C(C)C)C1=O. The van der Waals surface area contributed by atoms with E-state index in [1.807, 2.05) is 13.8 Å². The number of rotatable bonds is 5. The van der Waals surface area contributed by atoms with E-state index in [1.165, 1.54) is 34.1 Å². The molecule has 6 heteroatoms. The number of ketones is 1. The molecule has 1 atom stereocenters. The van der Waals surface area contributed by atoms with Crippen molar-refractivity contribution in [3.8, 4) is 0 Å². The van der Waals surface area contributed by atoms with Gasteiger partial charge in [-0.05, 0) is 52.0 Å². The Morgan fingerprint density at radius 3 is 2.13 bits per heavy atom. The maximum atomic E-state index is 13.0. The van der Waals surface area contributed by atoms with Crippen LogP contribution >= 0.6 is 0 Å². The number of nitrogens with zero attached hydrogens (tertiary/aromatic N) is 2. The van der Waals surface area contributed by atoms with Gasteiger partial charge in [-0.3, -0.25) is 14.5 Å². The van der Waals surface area contributed by atoms with E-state index in [9.17, 15) is 18.8 Å². The molecule has 0 aromatic heterocycles. The molecule has 1 saturated heterocycles. The Kier molecular flexibility index (Phi) is 4.82. The number of urea groups is 1. The molecule has 1 heterocycles. The molecule has 1 aromatic rings. The van der Waals surface area contributed by atoms with E-state index in [4.69, 9.17) is 0 Å². The van der Waals surface area contributed by atoms with Crippen LogP contribution in [0.4, 0.5) is 9.18 Å². The van der Waals surface area contributed by atoms with Crippen molar-refractivity contribution in [2.24, 2.45) is 0 Å². The molecular formula is C17H21FN2O3. The molecule has 0 saturated carbocycles. The van der Waals surface area contributed by atoms with E-state index < -0.39 is 11.9 Å². The van der Waals surface area contributed by atoms with Crippen molar-refractivity contribution in [3.05, 3.63) is 35.6 Å². The molecule has 0 N–H and O–H groups in total. The molecule has 5 nitrogen and oxygen atoms in total. The van der Waals surface area contributed by atoms with E-state index in [0.717, 1.165) is 0 Å². The zero-order valence-electron chi connectivity index (χ0n) is 13.7. The largest absolute Gasteiger partial charge is 0.327 e. The molecule has 1 aromatic carbocycles. The number of carbonyl (C=O) groups excluding carboxylic acids is 3. The zero-order chi connectivity index (χ0) is 17.3. The van der Waals surface area contributed by atoms with Crippen LogP contribution < -0.4 is 0 Å². The lowest BCUT2D eigenvalue weighted by molar-refractivity contribution is -0.129. The third-order valence-corrected chi connectivity index (χ3v) is 3.90. The van der Waals surface area contributed by atoms with Crippen LogP contribution in [0.15, 0.2) is 24.3 Å². The van der Waals surface area contributed by atoms with Crippen LogP contribution in [-0.4, -0.2) is 45.6 Å². The van der Waals surface area contributed by atoms with Crippen molar-refractivity contribution < 1.29 is 18.8 Å². The first-order valence-electron chi connectivity index (χ1n) is 7.68. The standard InChI is InChI=1S/C17H21FN2O3/c1-10(2)19-14(16(22)20(11(3)4)17(19)23)9-15(21)12-5-7-13(18)8-6-12/h5-8,10-11,14H,9H2,1-4H3. The first-order chi connectivity index (χ1) is 10.7. The fraction of sp³-hybridized carbons (Fsp3) is 0.471.